The SMILES string of the molecule is CNC(=O)Cn1cc(-n2ccnc2-c2cc(F)cc(F)c2)cn1. The van der Waals surface area contributed by atoms with E-state index < -0.39 is 11.6 Å². The highest BCUT2D eigenvalue weighted by Gasteiger charge is 2.12. The van der Waals surface area contributed by atoms with Crippen LogP contribution < -0.4 is 5.32 Å². The van der Waals surface area contributed by atoms with Crippen molar-refractivity contribution in [3.63, 3.8) is 0 Å². The predicted octanol–water partition coefficient (Wildman–Crippen LogP) is 1.76. The zero-order valence-corrected chi connectivity index (χ0v) is 12.2. The fourth-order valence-corrected chi connectivity index (χ4v) is 2.20. The van der Waals surface area contributed by atoms with Crippen LogP contribution in [0.2, 0.25) is 0 Å². The van der Waals surface area contributed by atoms with Crippen LogP contribution in [0, 0.1) is 11.6 Å². The summed E-state index contributed by atoms with van der Waals surface area (Å²) in [5, 5.41) is 6.59. The van der Waals surface area contributed by atoms with Gasteiger partial charge in [0, 0.05) is 37.3 Å². The summed E-state index contributed by atoms with van der Waals surface area (Å²) in [7, 11) is 1.54. The van der Waals surface area contributed by atoms with Crippen LogP contribution in [-0.2, 0) is 11.3 Å². The molecule has 8 heteroatoms. The van der Waals surface area contributed by atoms with Crippen molar-refractivity contribution < 1.29 is 13.6 Å². The van der Waals surface area contributed by atoms with Crippen LogP contribution in [0.5, 0.6) is 0 Å². The molecule has 0 aliphatic rings. The molecule has 0 saturated heterocycles. The zero-order valence-electron chi connectivity index (χ0n) is 12.2. The number of benzene rings is 1. The van der Waals surface area contributed by atoms with Crippen LogP contribution in [0.15, 0.2) is 43.0 Å². The monoisotopic (exact) mass is 317 g/mol. The highest BCUT2D eigenvalue weighted by Crippen LogP contribution is 2.23. The number of carbonyl (C=O) groups is 1. The number of likely N-dealkylation sites (N-methyl/N-ethyl adjacent to an activating group) is 1. The van der Waals surface area contributed by atoms with Crippen LogP contribution in [0.25, 0.3) is 17.1 Å². The van der Waals surface area contributed by atoms with E-state index >= 15 is 0 Å². The van der Waals surface area contributed by atoms with Gasteiger partial charge in [-0.05, 0) is 12.1 Å². The van der Waals surface area contributed by atoms with Gasteiger partial charge in [-0.2, -0.15) is 5.10 Å². The van der Waals surface area contributed by atoms with Crippen molar-refractivity contribution in [1.29, 1.82) is 0 Å². The van der Waals surface area contributed by atoms with Gasteiger partial charge in [0.2, 0.25) is 5.91 Å². The van der Waals surface area contributed by atoms with Crippen molar-refractivity contribution in [3.8, 4) is 17.1 Å². The maximum atomic E-state index is 13.4. The maximum absolute atomic E-state index is 13.4. The Labute approximate surface area is 130 Å². The Hall–Kier alpha value is -3.03. The van der Waals surface area contributed by atoms with Crippen molar-refractivity contribution in [2.45, 2.75) is 6.54 Å². The number of hydrogen-bond acceptors (Lipinski definition) is 3. The van der Waals surface area contributed by atoms with E-state index in [2.05, 4.69) is 15.4 Å². The van der Waals surface area contributed by atoms with Gasteiger partial charge in [0.25, 0.3) is 0 Å². The Balaban J connectivity index is 1.96. The molecule has 118 valence electrons. The van der Waals surface area contributed by atoms with Crippen LogP contribution in [0.3, 0.4) is 0 Å². The molecule has 0 saturated carbocycles. The Morgan fingerprint density at radius 1 is 1.26 bits per heavy atom. The number of rotatable bonds is 4. The van der Waals surface area contributed by atoms with Crippen molar-refractivity contribution >= 4 is 5.91 Å². The van der Waals surface area contributed by atoms with Gasteiger partial charge in [0.15, 0.2) is 0 Å². The minimum Gasteiger partial charge on any atom is -0.358 e. The van der Waals surface area contributed by atoms with Gasteiger partial charge in [-0.1, -0.05) is 0 Å². The lowest BCUT2D eigenvalue weighted by molar-refractivity contribution is -0.121. The zero-order chi connectivity index (χ0) is 16.4. The van der Waals surface area contributed by atoms with Crippen LogP contribution in [0.1, 0.15) is 0 Å². The average molecular weight is 317 g/mol. The smallest absolute Gasteiger partial charge is 0.241 e. The highest BCUT2D eigenvalue weighted by atomic mass is 19.1. The first-order chi connectivity index (χ1) is 11.1. The fourth-order valence-electron chi connectivity index (χ4n) is 2.20. The molecule has 2 heterocycles. The van der Waals surface area contributed by atoms with E-state index in [0.717, 1.165) is 6.07 Å². The van der Waals surface area contributed by atoms with Crippen molar-refractivity contribution in [3.05, 3.63) is 54.6 Å². The van der Waals surface area contributed by atoms with Crippen LogP contribution in [-0.4, -0.2) is 32.3 Å². The molecule has 1 N–H and O–H groups in total. The van der Waals surface area contributed by atoms with E-state index in [-0.39, 0.29) is 12.5 Å². The lowest BCUT2D eigenvalue weighted by Crippen LogP contribution is -2.23. The molecule has 1 aromatic carbocycles. The van der Waals surface area contributed by atoms with Crippen molar-refractivity contribution in [1.82, 2.24) is 24.6 Å². The maximum Gasteiger partial charge on any atom is 0.241 e. The Bertz CT molecular complexity index is 835. The predicted molar refractivity (Wildman–Crippen MR) is 78.8 cm³/mol. The molecule has 0 aliphatic carbocycles. The Morgan fingerprint density at radius 3 is 2.70 bits per heavy atom. The van der Waals surface area contributed by atoms with Crippen molar-refractivity contribution in [2.75, 3.05) is 7.05 Å². The molecular weight excluding hydrogens is 304 g/mol. The van der Waals surface area contributed by atoms with Gasteiger partial charge in [-0.25, -0.2) is 13.8 Å². The Morgan fingerprint density at radius 2 is 2.00 bits per heavy atom. The van der Waals surface area contributed by atoms with E-state index in [4.69, 9.17) is 0 Å². The second kappa shape index (κ2) is 5.99. The van der Waals surface area contributed by atoms with E-state index in [1.54, 1.807) is 30.2 Å². The summed E-state index contributed by atoms with van der Waals surface area (Å²) in [6.45, 7) is 0.0785. The first-order valence-electron chi connectivity index (χ1n) is 6.80. The highest BCUT2D eigenvalue weighted by molar-refractivity contribution is 5.75. The number of imidazole rings is 1. The number of nitrogens with one attached hydrogen (secondary N) is 1. The number of aromatic nitrogens is 4. The molecule has 1 amide bonds. The number of hydrogen-bond donors (Lipinski definition) is 1. The largest absolute Gasteiger partial charge is 0.358 e. The van der Waals surface area contributed by atoms with Gasteiger partial charge < -0.3 is 5.32 Å². The number of halogens is 2. The van der Waals surface area contributed by atoms with E-state index in [1.807, 2.05) is 0 Å². The number of carbonyl (C=O) groups excluding carboxylic acids is 1. The van der Waals surface area contributed by atoms with Gasteiger partial charge >= 0.3 is 0 Å². The van der Waals surface area contributed by atoms with E-state index in [1.165, 1.54) is 23.0 Å². The van der Waals surface area contributed by atoms with Gasteiger partial charge in [-0.15, -0.1) is 0 Å². The molecule has 3 aromatic rings. The summed E-state index contributed by atoms with van der Waals surface area (Å²) in [5.74, 6) is -1.16. The lowest BCUT2D eigenvalue weighted by Gasteiger charge is -2.06. The van der Waals surface area contributed by atoms with Gasteiger partial charge in [0.1, 0.15) is 24.0 Å². The lowest BCUT2D eigenvalue weighted by atomic mass is 10.2. The summed E-state index contributed by atoms with van der Waals surface area (Å²) >= 11 is 0. The molecule has 2 aromatic heterocycles. The summed E-state index contributed by atoms with van der Waals surface area (Å²) in [4.78, 5) is 15.5. The van der Waals surface area contributed by atoms with E-state index in [0.29, 0.717) is 17.1 Å². The molecule has 0 spiro atoms. The number of amides is 1. The van der Waals surface area contributed by atoms with Crippen LogP contribution in [0.4, 0.5) is 8.78 Å². The van der Waals surface area contributed by atoms with Crippen molar-refractivity contribution in [2.24, 2.45) is 0 Å². The second-order valence-electron chi connectivity index (χ2n) is 4.85. The summed E-state index contributed by atoms with van der Waals surface area (Å²) < 4.78 is 29.9. The third-order valence-electron chi connectivity index (χ3n) is 3.24. The first kappa shape index (κ1) is 14.9. The average Bonchev–Trinajstić information content (AvgIpc) is 3.14. The summed E-state index contributed by atoms with van der Waals surface area (Å²) in [6.07, 6.45) is 6.37. The fraction of sp³-hybridized carbons (Fsp3) is 0.133. The number of nitrogens with zero attached hydrogens (tertiary/aromatic N) is 4. The molecule has 0 aliphatic heterocycles. The first-order valence-corrected chi connectivity index (χ1v) is 6.80. The quantitative estimate of drug-likeness (QED) is 0.797. The van der Waals surface area contributed by atoms with E-state index in [9.17, 15) is 13.6 Å². The third-order valence-corrected chi connectivity index (χ3v) is 3.24. The summed E-state index contributed by atoms with van der Waals surface area (Å²) in [5.41, 5.74) is 0.942. The van der Waals surface area contributed by atoms with Gasteiger partial charge in [-0.3, -0.25) is 14.0 Å². The molecule has 0 unspecified atom stereocenters. The second-order valence-corrected chi connectivity index (χ2v) is 4.85. The summed E-state index contributed by atoms with van der Waals surface area (Å²) in [6, 6.07) is 3.21. The molecule has 23 heavy (non-hydrogen) atoms. The molecule has 0 bridgehead atoms. The molecular formula is C15H13F2N5O. The minimum atomic E-state index is -0.676. The molecule has 0 radical (unpaired) electrons. The molecule has 3 rings (SSSR count). The minimum absolute atomic E-state index is 0.0785. The van der Waals surface area contributed by atoms with Crippen LogP contribution >= 0.6 is 0 Å². The Kier molecular flexibility index (Phi) is 3.88. The topological polar surface area (TPSA) is 64.7 Å². The third kappa shape index (κ3) is 3.10. The molecule has 0 fully saturated rings. The van der Waals surface area contributed by atoms with Gasteiger partial charge in [0.05, 0.1) is 11.9 Å². The molecule has 0 atom stereocenters. The normalized spacial score (nSPS) is 10.7. The standard InChI is InChI=1S/C15H13F2N5O/c1-18-14(23)9-21-8-13(7-20-21)22-3-2-19-15(22)10-4-11(16)6-12(17)5-10/h2-8H,9H2,1H3,(H,18,23). The molecule has 6 nitrogen and oxygen atoms in total.